The third-order valence-corrected chi connectivity index (χ3v) is 3.00. The normalized spacial score (nSPS) is 28.9. The lowest BCUT2D eigenvalue weighted by atomic mass is 9.96. The minimum Gasteiger partial charge on any atom is -0.314 e. The van der Waals surface area contributed by atoms with Crippen LogP contribution >= 0.6 is 0 Å². The maximum Gasteiger partial charge on any atom is 0.393 e. The van der Waals surface area contributed by atoms with Gasteiger partial charge in [0.1, 0.15) is 0 Å². The van der Waals surface area contributed by atoms with E-state index in [0.717, 1.165) is 0 Å². The number of hydrogen-bond donors (Lipinski definition) is 1. The monoisotopic (exact) mass is 244 g/mol. The Kier molecular flexibility index (Phi) is 3.65. The van der Waals surface area contributed by atoms with E-state index in [4.69, 9.17) is 0 Å². The van der Waals surface area contributed by atoms with Crippen molar-refractivity contribution >= 4 is 9.73 Å². The van der Waals surface area contributed by atoms with Gasteiger partial charge in [0.25, 0.3) is 0 Å². The van der Waals surface area contributed by atoms with Crippen LogP contribution in [0.25, 0.3) is 0 Å². The molecule has 0 radical (unpaired) electrons. The van der Waals surface area contributed by atoms with Crippen molar-refractivity contribution in [3.05, 3.63) is 0 Å². The maximum atomic E-state index is 12.4. The summed E-state index contributed by atoms with van der Waals surface area (Å²) in [7, 11) is -2.33. The number of nitrogens with zero attached hydrogens (tertiary/aromatic N) is 1. The molecule has 0 amide bonds. The predicted octanol–water partition coefficient (Wildman–Crippen LogP) is 1.25. The average Bonchev–Trinajstić information content (AvgIpc) is 1.99. The number of rotatable bonds is 1. The van der Waals surface area contributed by atoms with Crippen molar-refractivity contribution < 1.29 is 17.4 Å². The zero-order chi connectivity index (χ0) is 11.7. The van der Waals surface area contributed by atoms with Gasteiger partial charge >= 0.3 is 6.18 Å². The second-order valence-corrected chi connectivity index (χ2v) is 6.65. The first-order valence-corrected chi connectivity index (χ1v) is 6.95. The van der Waals surface area contributed by atoms with E-state index in [9.17, 15) is 17.4 Å². The van der Waals surface area contributed by atoms with Gasteiger partial charge in [-0.05, 0) is 6.42 Å². The molecule has 0 aliphatic carbocycles. The van der Waals surface area contributed by atoms with Crippen molar-refractivity contribution in [1.29, 1.82) is 0 Å². The van der Waals surface area contributed by atoms with Crippen molar-refractivity contribution in [2.75, 3.05) is 25.6 Å². The molecular formula is C8H15F3N2OS. The Bertz CT molecular complexity index is 325. The largest absolute Gasteiger partial charge is 0.393 e. The summed E-state index contributed by atoms with van der Waals surface area (Å²) in [5, 5.41) is 2.67. The number of hydrogen-bond acceptors (Lipinski definition) is 3. The van der Waals surface area contributed by atoms with Crippen LogP contribution in [0.15, 0.2) is 4.36 Å². The summed E-state index contributed by atoms with van der Waals surface area (Å²) < 4.78 is 52.4. The van der Waals surface area contributed by atoms with E-state index >= 15 is 0 Å². The highest BCUT2D eigenvalue weighted by Crippen LogP contribution is 2.31. The third kappa shape index (κ3) is 4.38. The average molecular weight is 244 g/mol. The molecule has 1 aliphatic heterocycles. The summed E-state index contributed by atoms with van der Waals surface area (Å²) in [4.78, 5) is 0. The second-order valence-electron chi connectivity index (χ2n) is 4.07. The number of nitrogens with one attached hydrogen (secondary N) is 1. The van der Waals surface area contributed by atoms with Crippen LogP contribution in [0.2, 0.25) is 0 Å². The van der Waals surface area contributed by atoms with E-state index in [1.807, 2.05) is 0 Å². The fourth-order valence-electron chi connectivity index (χ4n) is 1.61. The molecule has 1 rings (SSSR count). The minimum absolute atomic E-state index is 0.0603. The highest BCUT2D eigenvalue weighted by molar-refractivity contribution is 7.92. The van der Waals surface area contributed by atoms with Crippen molar-refractivity contribution in [3.8, 4) is 0 Å². The Hall–Kier alpha value is -0.300. The van der Waals surface area contributed by atoms with Gasteiger partial charge in [-0.25, -0.2) is 4.36 Å². The lowest BCUT2D eigenvalue weighted by molar-refractivity contribution is -0.179. The number of halogens is 3. The van der Waals surface area contributed by atoms with Gasteiger partial charge in [0, 0.05) is 35.3 Å². The summed E-state index contributed by atoms with van der Waals surface area (Å²) in [5.74, 6) is -1.37. The Morgan fingerprint density at radius 3 is 2.40 bits per heavy atom. The van der Waals surface area contributed by atoms with Gasteiger partial charge < -0.3 is 5.32 Å². The first-order valence-electron chi connectivity index (χ1n) is 4.62. The first-order chi connectivity index (χ1) is 6.68. The van der Waals surface area contributed by atoms with Gasteiger partial charge in [-0.1, -0.05) is 0 Å². The predicted molar refractivity (Wildman–Crippen MR) is 53.2 cm³/mol. The number of alkyl halides is 3. The van der Waals surface area contributed by atoms with Crippen molar-refractivity contribution in [3.63, 3.8) is 0 Å². The molecule has 0 aromatic carbocycles. The molecule has 15 heavy (non-hydrogen) atoms. The van der Waals surface area contributed by atoms with Crippen LogP contribution in [0, 0.1) is 5.92 Å². The molecule has 1 fully saturated rings. The Labute approximate surface area is 87.6 Å². The summed E-state index contributed by atoms with van der Waals surface area (Å²) in [6.07, 6.45) is -1.38. The summed E-state index contributed by atoms with van der Waals surface area (Å²) in [6, 6.07) is -0.493. The lowest BCUT2D eigenvalue weighted by Crippen LogP contribution is -2.44. The van der Waals surface area contributed by atoms with Crippen molar-refractivity contribution in [2.24, 2.45) is 10.3 Å². The second kappa shape index (κ2) is 4.29. The Morgan fingerprint density at radius 2 is 1.93 bits per heavy atom. The fourth-order valence-corrected chi connectivity index (χ4v) is 2.49. The van der Waals surface area contributed by atoms with E-state index in [1.165, 1.54) is 12.5 Å². The van der Waals surface area contributed by atoms with Crippen LogP contribution in [-0.4, -0.2) is 42.0 Å². The zero-order valence-corrected chi connectivity index (χ0v) is 9.49. The van der Waals surface area contributed by atoms with Crippen LogP contribution in [0.1, 0.15) is 6.42 Å². The third-order valence-electron chi connectivity index (χ3n) is 2.19. The quantitative estimate of drug-likeness (QED) is 0.754. The molecular weight excluding hydrogens is 229 g/mol. The van der Waals surface area contributed by atoms with E-state index in [-0.39, 0.29) is 13.0 Å². The molecule has 0 aromatic heterocycles. The summed E-state index contributed by atoms with van der Waals surface area (Å²) in [5.41, 5.74) is 0. The molecule has 0 bridgehead atoms. The van der Waals surface area contributed by atoms with Crippen LogP contribution in [0.5, 0.6) is 0 Å². The smallest absolute Gasteiger partial charge is 0.314 e. The molecule has 7 heteroatoms. The topological polar surface area (TPSA) is 41.5 Å². The molecule has 3 nitrogen and oxygen atoms in total. The van der Waals surface area contributed by atoms with E-state index in [2.05, 4.69) is 9.68 Å². The highest BCUT2D eigenvalue weighted by Gasteiger charge is 2.42. The van der Waals surface area contributed by atoms with Gasteiger partial charge in [-0.15, -0.1) is 0 Å². The minimum atomic E-state index is -4.19. The molecule has 1 N–H and O–H groups in total. The van der Waals surface area contributed by atoms with Crippen LogP contribution in [0.4, 0.5) is 13.2 Å². The van der Waals surface area contributed by atoms with E-state index in [0.29, 0.717) is 6.54 Å². The van der Waals surface area contributed by atoms with E-state index in [1.54, 1.807) is 0 Å². The SMILES string of the molecule is CS(C)(=O)=NC1CNCC(C(F)(F)F)C1. The molecule has 2 atom stereocenters. The van der Waals surface area contributed by atoms with Gasteiger partial charge in [-0.3, -0.25) is 4.21 Å². The molecule has 1 saturated heterocycles. The summed E-state index contributed by atoms with van der Waals surface area (Å²) >= 11 is 0. The van der Waals surface area contributed by atoms with Crippen molar-refractivity contribution in [1.82, 2.24) is 5.32 Å². The molecule has 1 aliphatic rings. The maximum absolute atomic E-state index is 12.4. The molecule has 0 spiro atoms. The number of piperidine rings is 1. The lowest BCUT2D eigenvalue weighted by Gasteiger charge is -2.29. The molecule has 1 heterocycles. The van der Waals surface area contributed by atoms with E-state index < -0.39 is 27.9 Å². The molecule has 2 unspecified atom stereocenters. The van der Waals surface area contributed by atoms with Gasteiger partial charge in [-0.2, -0.15) is 13.2 Å². The zero-order valence-electron chi connectivity index (χ0n) is 8.67. The Morgan fingerprint density at radius 1 is 1.33 bits per heavy atom. The highest BCUT2D eigenvalue weighted by atomic mass is 32.2. The standard InChI is InChI=1S/C8H15F3N2OS/c1-15(2,14)13-7-3-6(4-12-5-7)8(9,10)11/h6-7,12H,3-5H2,1-2H3. The van der Waals surface area contributed by atoms with Crippen LogP contribution in [-0.2, 0) is 9.73 Å². The van der Waals surface area contributed by atoms with Crippen molar-refractivity contribution in [2.45, 2.75) is 18.6 Å². The molecule has 0 aromatic rings. The van der Waals surface area contributed by atoms with Crippen LogP contribution < -0.4 is 5.32 Å². The Balaban J connectivity index is 2.70. The van der Waals surface area contributed by atoms with Gasteiger partial charge in [0.05, 0.1) is 12.0 Å². The molecule has 0 saturated carbocycles. The summed E-state index contributed by atoms with van der Waals surface area (Å²) in [6.45, 7) is 0.315. The fraction of sp³-hybridized carbons (Fsp3) is 1.00. The van der Waals surface area contributed by atoms with Crippen LogP contribution in [0.3, 0.4) is 0 Å². The first kappa shape index (κ1) is 12.8. The molecule has 90 valence electrons. The van der Waals surface area contributed by atoms with Gasteiger partial charge in [0.2, 0.25) is 0 Å². The van der Waals surface area contributed by atoms with Gasteiger partial charge in [0.15, 0.2) is 0 Å².